The molecule has 14 heteroatoms. The zero-order valence-electron chi connectivity index (χ0n) is 18.3. The summed E-state index contributed by atoms with van der Waals surface area (Å²) in [6.07, 6.45) is -3.50. The van der Waals surface area contributed by atoms with E-state index in [1.54, 1.807) is 0 Å². The van der Waals surface area contributed by atoms with Crippen LogP contribution in [0.2, 0.25) is 0 Å². The van der Waals surface area contributed by atoms with E-state index in [2.05, 4.69) is 20.0 Å². The fraction of sp³-hybridized carbons (Fsp3) is 0.217. The lowest BCUT2D eigenvalue weighted by Gasteiger charge is -2.33. The van der Waals surface area contributed by atoms with Crippen molar-refractivity contribution in [3.05, 3.63) is 99.7 Å². The van der Waals surface area contributed by atoms with Gasteiger partial charge < -0.3 is 10.1 Å². The van der Waals surface area contributed by atoms with Gasteiger partial charge in [-0.25, -0.2) is 19.2 Å². The zero-order chi connectivity index (χ0) is 27.0. The van der Waals surface area contributed by atoms with E-state index in [9.17, 15) is 40.3 Å². The summed E-state index contributed by atoms with van der Waals surface area (Å²) in [5.41, 5.74) is -2.62. The number of pyridine rings is 2. The first-order valence-electron chi connectivity index (χ1n) is 10.4. The number of hydrogen-bond donors (Lipinski definition) is 1. The number of aliphatic imine (C=N–C) groups is 1. The van der Waals surface area contributed by atoms with Crippen molar-refractivity contribution in [1.82, 2.24) is 14.9 Å². The normalized spacial score (nSPS) is 19.5. The number of benzene rings is 1. The van der Waals surface area contributed by atoms with Gasteiger partial charge in [0.2, 0.25) is 5.95 Å². The molecule has 0 aliphatic carbocycles. The van der Waals surface area contributed by atoms with Gasteiger partial charge in [-0.05, 0) is 29.8 Å². The number of rotatable bonds is 6. The second kappa shape index (κ2) is 9.67. The number of carbonyl (C=O) groups excluding carboxylic acids is 1. The van der Waals surface area contributed by atoms with Gasteiger partial charge in [-0.15, -0.1) is 0 Å². The highest BCUT2D eigenvalue weighted by atomic mass is 19.4. The lowest BCUT2D eigenvalue weighted by Crippen LogP contribution is -2.47. The van der Waals surface area contributed by atoms with Crippen LogP contribution in [0.5, 0.6) is 0 Å². The molecule has 3 aromatic rings. The molecule has 1 aromatic carbocycles. The molecule has 3 heterocycles. The van der Waals surface area contributed by atoms with Crippen molar-refractivity contribution in [2.45, 2.75) is 24.3 Å². The van der Waals surface area contributed by atoms with Crippen LogP contribution in [0.3, 0.4) is 0 Å². The predicted octanol–water partition coefficient (Wildman–Crippen LogP) is 3.68. The van der Waals surface area contributed by atoms with E-state index in [1.165, 1.54) is 18.2 Å². The minimum absolute atomic E-state index is 0.0638. The van der Waals surface area contributed by atoms with Crippen LogP contribution in [-0.4, -0.2) is 40.2 Å². The topological polar surface area (TPSA) is 85.6 Å². The maximum absolute atomic E-state index is 13.7. The first kappa shape index (κ1) is 25.9. The third kappa shape index (κ3) is 5.04. The molecule has 194 valence electrons. The van der Waals surface area contributed by atoms with Crippen molar-refractivity contribution in [3.8, 4) is 0 Å². The number of nitrogens with one attached hydrogen (secondary N) is 1. The Morgan fingerprint density at radius 2 is 1.73 bits per heavy atom. The van der Waals surface area contributed by atoms with Crippen molar-refractivity contribution in [2.75, 3.05) is 6.61 Å². The number of nitrogens with zero attached hydrogens (tertiary/aromatic N) is 3. The van der Waals surface area contributed by atoms with E-state index in [0.717, 1.165) is 42.7 Å². The van der Waals surface area contributed by atoms with Crippen LogP contribution in [0.25, 0.3) is 0 Å². The summed E-state index contributed by atoms with van der Waals surface area (Å²) in [5, 5.41) is 2.75. The lowest BCUT2D eigenvalue weighted by atomic mass is 9.79. The molecule has 1 N–H and O–H groups in total. The largest absolute Gasteiger partial charge is 0.490 e. The van der Waals surface area contributed by atoms with E-state index in [1.807, 2.05) is 0 Å². The number of alkyl halides is 5. The van der Waals surface area contributed by atoms with Gasteiger partial charge in [-0.2, -0.15) is 26.3 Å². The maximum Gasteiger partial charge on any atom is 0.490 e. The quantitative estimate of drug-likeness (QED) is 0.300. The van der Waals surface area contributed by atoms with Crippen LogP contribution >= 0.6 is 0 Å². The van der Waals surface area contributed by atoms with Crippen LogP contribution in [0.1, 0.15) is 23.2 Å². The molecular formula is C23H15F7N4O3. The Hall–Kier alpha value is -4.23. The molecule has 7 nitrogen and oxygen atoms in total. The molecule has 2 aromatic heterocycles. The first-order valence-corrected chi connectivity index (χ1v) is 10.4. The van der Waals surface area contributed by atoms with Crippen LogP contribution < -0.4 is 10.9 Å². The second-order valence-corrected chi connectivity index (χ2v) is 7.84. The van der Waals surface area contributed by atoms with E-state index in [-0.39, 0.29) is 27.1 Å². The van der Waals surface area contributed by atoms with Crippen molar-refractivity contribution < 1.29 is 40.3 Å². The van der Waals surface area contributed by atoms with Gasteiger partial charge >= 0.3 is 18.7 Å². The van der Waals surface area contributed by atoms with Gasteiger partial charge in [-0.1, -0.05) is 18.2 Å². The molecule has 0 saturated carbocycles. The summed E-state index contributed by atoms with van der Waals surface area (Å²) in [4.78, 5) is 31.3. The van der Waals surface area contributed by atoms with Gasteiger partial charge in [0.05, 0.1) is 6.04 Å². The summed E-state index contributed by atoms with van der Waals surface area (Å²) in [7, 11) is 0. The number of halogens is 7. The average molecular weight is 528 g/mol. The highest BCUT2D eigenvalue weighted by Crippen LogP contribution is 2.41. The Balaban J connectivity index is 1.91. The van der Waals surface area contributed by atoms with Gasteiger partial charge in [0.1, 0.15) is 23.8 Å². The molecule has 0 amide bonds. The van der Waals surface area contributed by atoms with Crippen LogP contribution in [0.4, 0.5) is 30.7 Å². The first-order chi connectivity index (χ1) is 17.4. The van der Waals surface area contributed by atoms with Crippen LogP contribution in [0, 0.1) is 11.8 Å². The minimum Gasteiger partial charge on any atom is -0.457 e. The van der Waals surface area contributed by atoms with Gasteiger partial charge in [0, 0.05) is 29.6 Å². The van der Waals surface area contributed by atoms with Crippen molar-refractivity contribution in [1.29, 1.82) is 0 Å². The summed E-state index contributed by atoms with van der Waals surface area (Å²) < 4.78 is 97.0. The Kier molecular flexibility index (Phi) is 6.76. The third-order valence-corrected chi connectivity index (χ3v) is 5.59. The lowest BCUT2D eigenvalue weighted by molar-refractivity contribution is -0.200. The van der Waals surface area contributed by atoms with Crippen LogP contribution in [0.15, 0.2) is 70.7 Å². The number of amidine groups is 1. The number of esters is 1. The molecule has 0 radical (unpaired) electrons. The highest BCUT2D eigenvalue weighted by Gasteiger charge is 2.50. The number of carbonyl (C=O) groups is 1. The Bertz CT molecular complexity index is 1340. The molecule has 0 saturated heterocycles. The fourth-order valence-corrected chi connectivity index (χ4v) is 3.91. The summed E-state index contributed by atoms with van der Waals surface area (Å²) in [5.74, 6) is -4.22. The van der Waals surface area contributed by atoms with Crippen molar-refractivity contribution in [3.63, 3.8) is 0 Å². The third-order valence-electron chi connectivity index (χ3n) is 5.59. The molecule has 1 aliphatic rings. The number of aromatic nitrogens is 2. The molecule has 2 atom stereocenters. The minimum atomic E-state index is -5.31. The van der Waals surface area contributed by atoms with Gasteiger partial charge in [-0.3, -0.25) is 9.36 Å². The van der Waals surface area contributed by atoms with Crippen molar-refractivity contribution in [2.24, 2.45) is 4.99 Å². The van der Waals surface area contributed by atoms with Gasteiger partial charge in [0.25, 0.3) is 5.56 Å². The Morgan fingerprint density at radius 1 is 1.05 bits per heavy atom. The molecule has 0 fully saturated rings. The Morgan fingerprint density at radius 3 is 2.32 bits per heavy atom. The fourth-order valence-electron chi connectivity index (χ4n) is 3.91. The average Bonchev–Trinajstić information content (AvgIpc) is 3.23. The zero-order valence-corrected chi connectivity index (χ0v) is 18.3. The molecule has 0 spiro atoms. The monoisotopic (exact) mass is 528 g/mol. The molecule has 0 bridgehead atoms. The SMILES string of the molecule is O=C(OC[C@@H]1NC(c2ccc(=O)n(C(F)F)c2)=N[C@@]1(c1ccc(F)cc1)c1ccc(F)nc1)C(F)(F)F. The number of ether oxygens (including phenoxy) is 1. The van der Waals surface area contributed by atoms with Crippen molar-refractivity contribution >= 4 is 11.8 Å². The predicted molar refractivity (Wildman–Crippen MR) is 114 cm³/mol. The molecule has 37 heavy (non-hydrogen) atoms. The number of hydrogen-bond acceptors (Lipinski definition) is 6. The molecule has 0 unspecified atom stereocenters. The summed E-state index contributed by atoms with van der Waals surface area (Å²) in [6.45, 7) is -4.16. The Labute approximate surface area is 203 Å². The standard InChI is InChI=1S/C23H15F7N4O3/c24-15-5-2-13(3-6-15)22(14-4-7-17(25)31-9-14)16(11-37-20(36)23(28,29)30)32-19(33-22)12-1-8-18(35)34(10-12)21(26)27/h1-10,16,21H,11H2,(H,32,33)/t16-,22-/m0/s1. The summed E-state index contributed by atoms with van der Waals surface area (Å²) >= 11 is 0. The van der Waals surface area contributed by atoms with E-state index in [4.69, 9.17) is 0 Å². The van der Waals surface area contributed by atoms with Crippen LogP contribution in [-0.2, 0) is 15.1 Å². The smallest absolute Gasteiger partial charge is 0.457 e. The second-order valence-electron chi connectivity index (χ2n) is 7.84. The van der Waals surface area contributed by atoms with E-state index in [0.29, 0.717) is 0 Å². The summed E-state index contributed by atoms with van der Waals surface area (Å²) in [6, 6.07) is 7.41. The molecule has 4 rings (SSSR count). The highest BCUT2D eigenvalue weighted by molar-refractivity contribution is 6.01. The molecular weight excluding hydrogens is 513 g/mol. The van der Waals surface area contributed by atoms with E-state index >= 15 is 0 Å². The van der Waals surface area contributed by atoms with E-state index < -0.39 is 54.2 Å². The maximum atomic E-state index is 13.7. The van der Waals surface area contributed by atoms with Gasteiger partial charge in [0.15, 0.2) is 0 Å². The molecule has 1 aliphatic heterocycles.